The fourth-order valence-corrected chi connectivity index (χ4v) is 1.21. The molecule has 0 aliphatic heterocycles. The van der Waals surface area contributed by atoms with Gasteiger partial charge in [0.2, 0.25) is 0 Å². The maximum atomic E-state index is 11.7. The molecule has 1 atom stereocenters. The molecule has 0 saturated heterocycles. The predicted octanol–water partition coefficient (Wildman–Crippen LogP) is -0.339. The molecule has 18 heavy (non-hydrogen) atoms. The second kappa shape index (κ2) is 6.61. The molecule has 0 radical (unpaired) electrons. The average molecular weight is 252 g/mol. The summed E-state index contributed by atoms with van der Waals surface area (Å²) in [6, 6.07) is 5.97. The van der Waals surface area contributed by atoms with E-state index in [0.717, 1.165) is 0 Å². The lowest BCUT2D eigenvalue weighted by molar-refractivity contribution is -0.119. The zero-order valence-corrected chi connectivity index (χ0v) is 10.1. The molecule has 4 N–H and O–H groups in total. The smallest absolute Gasteiger partial charge is 0.255 e. The molecule has 0 heterocycles. The summed E-state index contributed by atoms with van der Waals surface area (Å²) >= 11 is 0. The molecule has 0 bridgehead atoms. The largest absolute Gasteiger partial charge is 0.484 e. The van der Waals surface area contributed by atoms with Gasteiger partial charge in [-0.1, -0.05) is 0 Å². The number of hydrogen-bond acceptors (Lipinski definition) is 4. The molecule has 6 nitrogen and oxygen atoms in total. The maximum absolute atomic E-state index is 11.7. The Morgan fingerprint density at radius 3 is 2.50 bits per heavy atom. The van der Waals surface area contributed by atoms with Crippen molar-refractivity contribution in [3.8, 4) is 5.75 Å². The normalized spacial score (nSPS) is 11.7. The Balaban J connectivity index is 2.59. The van der Waals surface area contributed by atoms with Gasteiger partial charge < -0.3 is 20.9 Å². The molecule has 0 spiro atoms. The second-order valence-electron chi connectivity index (χ2n) is 3.84. The van der Waals surface area contributed by atoms with Crippen LogP contribution in [0.3, 0.4) is 0 Å². The van der Waals surface area contributed by atoms with Gasteiger partial charge in [-0.05, 0) is 31.2 Å². The highest BCUT2D eigenvalue weighted by Gasteiger charge is 2.08. The van der Waals surface area contributed by atoms with Crippen LogP contribution in [-0.4, -0.2) is 36.2 Å². The number of hydrogen-bond donors (Lipinski definition) is 3. The van der Waals surface area contributed by atoms with Crippen LogP contribution in [0.2, 0.25) is 0 Å². The topological polar surface area (TPSA) is 102 Å². The van der Waals surface area contributed by atoms with Gasteiger partial charge in [-0.15, -0.1) is 0 Å². The van der Waals surface area contributed by atoms with Crippen molar-refractivity contribution in [2.75, 3.05) is 13.2 Å². The highest BCUT2D eigenvalue weighted by Crippen LogP contribution is 2.12. The number of nitrogens with two attached hydrogens (primary N) is 1. The molecule has 0 fully saturated rings. The molecular weight excluding hydrogens is 236 g/mol. The Labute approximate surface area is 105 Å². The summed E-state index contributed by atoms with van der Waals surface area (Å²) in [6.07, 6.45) is 0. The first-order valence-corrected chi connectivity index (χ1v) is 5.46. The van der Waals surface area contributed by atoms with Crippen LogP contribution in [0.4, 0.5) is 0 Å². The Kier molecular flexibility index (Phi) is 5.13. The van der Waals surface area contributed by atoms with Crippen molar-refractivity contribution in [1.82, 2.24) is 5.32 Å². The fourth-order valence-electron chi connectivity index (χ4n) is 1.21. The summed E-state index contributed by atoms with van der Waals surface area (Å²) in [4.78, 5) is 22.2. The number of aliphatic hydroxyl groups excluding tert-OH is 1. The van der Waals surface area contributed by atoms with Crippen molar-refractivity contribution in [1.29, 1.82) is 0 Å². The van der Waals surface area contributed by atoms with Gasteiger partial charge in [-0.3, -0.25) is 9.59 Å². The van der Waals surface area contributed by atoms with Crippen molar-refractivity contribution in [3.63, 3.8) is 0 Å². The summed E-state index contributed by atoms with van der Waals surface area (Å²) in [5.41, 5.74) is 5.38. The van der Waals surface area contributed by atoms with Crippen molar-refractivity contribution < 1.29 is 19.4 Å². The van der Waals surface area contributed by atoms with Gasteiger partial charge in [0.05, 0.1) is 6.61 Å². The lowest BCUT2D eigenvalue weighted by Gasteiger charge is -2.11. The Bertz CT molecular complexity index is 417. The number of ether oxygens (including phenoxy) is 1. The third kappa shape index (κ3) is 4.42. The Morgan fingerprint density at radius 2 is 2.00 bits per heavy atom. The van der Waals surface area contributed by atoms with Gasteiger partial charge in [0, 0.05) is 11.6 Å². The van der Waals surface area contributed by atoms with Crippen LogP contribution in [0.5, 0.6) is 5.75 Å². The summed E-state index contributed by atoms with van der Waals surface area (Å²) in [5.74, 6) is -0.382. The minimum absolute atomic E-state index is 0.119. The number of primary amides is 1. The van der Waals surface area contributed by atoms with Crippen molar-refractivity contribution >= 4 is 11.8 Å². The van der Waals surface area contributed by atoms with E-state index in [4.69, 9.17) is 15.6 Å². The highest BCUT2D eigenvalue weighted by atomic mass is 16.5. The zero-order chi connectivity index (χ0) is 13.5. The second-order valence-corrected chi connectivity index (χ2v) is 3.84. The monoisotopic (exact) mass is 252 g/mol. The first kappa shape index (κ1) is 14.0. The molecule has 0 saturated carbocycles. The van der Waals surface area contributed by atoms with Crippen LogP contribution < -0.4 is 15.8 Å². The predicted molar refractivity (Wildman–Crippen MR) is 65.1 cm³/mol. The zero-order valence-electron chi connectivity index (χ0n) is 10.1. The van der Waals surface area contributed by atoms with E-state index in [1.807, 2.05) is 0 Å². The van der Waals surface area contributed by atoms with Gasteiger partial charge in [0.15, 0.2) is 6.61 Å². The van der Waals surface area contributed by atoms with E-state index in [2.05, 4.69) is 5.32 Å². The van der Waals surface area contributed by atoms with Crippen LogP contribution in [0.25, 0.3) is 0 Å². The summed E-state index contributed by atoms with van der Waals surface area (Å²) in [5, 5.41) is 11.4. The number of amides is 2. The van der Waals surface area contributed by atoms with E-state index in [1.165, 1.54) is 0 Å². The molecule has 98 valence electrons. The Morgan fingerprint density at radius 1 is 1.39 bits per heavy atom. The summed E-state index contributed by atoms with van der Waals surface area (Å²) < 4.78 is 5.06. The van der Waals surface area contributed by atoms with Gasteiger partial charge in [-0.2, -0.15) is 0 Å². The number of benzene rings is 1. The number of aliphatic hydroxyl groups is 1. The van der Waals surface area contributed by atoms with E-state index in [9.17, 15) is 9.59 Å². The molecule has 6 heteroatoms. The van der Waals surface area contributed by atoms with Crippen molar-refractivity contribution in [2.45, 2.75) is 13.0 Å². The third-order valence-electron chi connectivity index (χ3n) is 2.15. The van der Waals surface area contributed by atoms with Crippen LogP contribution in [-0.2, 0) is 4.79 Å². The van der Waals surface area contributed by atoms with E-state index in [-0.39, 0.29) is 25.2 Å². The number of nitrogens with one attached hydrogen (secondary N) is 1. The molecule has 0 aliphatic carbocycles. The molecule has 0 unspecified atom stereocenters. The molecular formula is C12H16N2O4. The van der Waals surface area contributed by atoms with Crippen molar-refractivity contribution in [3.05, 3.63) is 29.8 Å². The van der Waals surface area contributed by atoms with Gasteiger partial charge >= 0.3 is 0 Å². The number of carbonyl (C=O) groups excluding carboxylic acids is 2. The summed E-state index contributed by atoms with van der Waals surface area (Å²) in [6.45, 7) is 1.38. The number of carbonyl (C=O) groups is 2. The molecule has 2 amide bonds. The SMILES string of the molecule is C[C@@H](CO)NC(=O)c1ccc(OCC(N)=O)cc1. The van der Waals surface area contributed by atoms with Crippen LogP contribution in [0.1, 0.15) is 17.3 Å². The fraction of sp³-hybridized carbons (Fsp3) is 0.333. The number of rotatable bonds is 6. The Hall–Kier alpha value is -2.08. The molecule has 0 aromatic heterocycles. The first-order chi connectivity index (χ1) is 8.52. The molecule has 0 aliphatic rings. The van der Waals surface area contributed by atoms with Gasteiger partial charge in [-0.25, -0.2) is 0 Å². The van der Waals surface area contributed by atoms with E-state index < -0.39 is 5.91 Å². The average Bonchev–Trinajstić information content (AvgIpc) is 2.36. The van der Waals surface area contributed by atoms with Gasteiger partial charge in [0.1, 0.15) is 5.75 Å². The minimum Gasteiger partial charge on any atom is -0.484 e. The van der Waals surface area contributed by atoms with Gasteiger partial charge in [0.25, 0.3) is 11.8 Å². The first-order valence-electron chi connectivity index (χ1n) is 5.46. The molecule has 1 rings (SSSR count). The quantitative estimate of drug-likeness (QED) is 0.644. The molecule has 1 aromatic rings. The third-order valence-corrected chi connectivity index (χ3v) is 2.15. The minimum atomic E-state index is -0.561. The van der Waals surface area contributed by atoms with E-state index >= 15 is 0 Å². The van der Waals surface area contributed by atoms with E-state index in [0.29, 0.717) is 11.3 Å². The van der Waals surface area contributed by atoms with Crippen LogP contribution in [0, 0.1) is 0 Å². The van der Waals surface area contributed by atoms with Crippen LogP contribution >= 0.6 is 0 Å². The summed E-state index contributed by atoms with van der Waals surface area (Å²) in [7, 11) is 0. The van der Waals surface area contributed by atoms with E-state index in [1.54, 1.807) is 31.2 Å². The van der Waals surface area contributed by atoms with Crippen molar-refractivity contribution in [2.24, 2.45) is 5.73 Å². The standard InChI is InChI=1S/C12H16N2O4/c1-8(6-15)14-12(17)9-2-4-10(5-3-9)18-7-11(13)16/h2-5,8,15H,6-7H2,1H3,(H2,13,16)(H,14,17)/t8-/m0/s1. The highest BCUT2D eigenvalue weighted by molar-refractivity contribution is 5.94. The molecule has 1 aromatic carbocycles. The lowest BCUT2D eigenvalue weighted by atomic mass is 10.2. The van der Waals surface area contributed by atoms with Crippen LogP contribution in [0.15, 0.2) is 24.3 Å². The maximum Gasteiger partial charge on any atom is 0.255 e. The lowest BCUT2D eigenvalue weighted by Crippen LogP contribution is -2.34.